The Labute approximate surface area is 158 Å². The van der Waals surface area contributed by atoms with E-state index in [0.29, 0.717) is 31.5 Å². The van der Waals surface area contributed by atoms with E-state index in [9.17, 15) is 23.1 Å². The Bertz CT molecular complexity index is 827. The quantitative estimate of drug-likeness (QED) is 0.841. The molecule has 152 valence electrons. The highest BCUT2D eigenvalue weighted by Gasteiger charge is 2.57. The molecule has 0 unspecified atom stereocenters. The van der Waals surface area contributed by atoms with Crippen molar-refractivity contribution in [3.63, 3.8) is 0 Å². The third-order valence-electron chi connectivity index (χ3n) is 4.89. The topological polar surface area (TPSA) is 93.4 Å². The van der Waals surface area contributed by atoms with Crippen molar-refractivity contribution in [1.82, 2.24) is 24.9 Å². The first-order valence-electron chi connectivity index (χ1n) is 8.65. The van der Waals surface area contributed by atoms with Crippen molar-refractivity contribution in [2.24, 2.45) is 0 Å². The van der Waals surface area contributed by atoms with Crippen LogP contribution in [-0.4, -0.2) is 67.9 Å². The number of carbonyl (C=O) groups excluding carboxylic acids is 1. The molecule has 0 spiro atoms. The van der Waals surface area contributed by atoms with Crippen molar-refractivity contribution >= 4 is 5.91 Å². The fourth-order valence-electron chi connectivity index (χ4n) is 3.16. The normalized spacial score (nSPS) is 18.0. The number of ether oxygens (including phenoxy) is 1. The van der Waals surface area contributed by atoms with Crippen LogP contribution in [-0.2, 0) is 4.79 Å². The van der Waals surface area contributed by atoms with Crippen molar-refractivity contribution in [2.45, 2.75) is 37.5 Å². The van der Waals surface area contributed by atoms with Crippen LogP contribution >= 0.6 is 0 Å². The number of hydrogen-bond acceptors (Lipinski definition) is 6. The fraction of sp³-hybridized carbons (Fsp3) is 0.529. The Kier molecular flexibility index (Phi) is 5.28. The molecule has 0 saturated carbocycles. The molecule has 1 saturated heterocycles. The van der Waals surface area contributed by atoms with Gasteiger partial charge in [0.2, 0.25) is 11.5 Å². The molecule has 1 atom stereocenters. The molecule has 0 aliphatic carbocycles. The third kappa shape index (κ3) is 3.66. The van der Waals surface area contributed by atoms with Crippen molar-refractivity contribution in [3.8, 4) is 11.7 Å². The maximum atomic E-state index is 12.9. The number of aliphatic hydroxyl groups is 1. The Hall–Kier alpha value is -2.69. The summed E-state index contributed by atoms with van der Waals surface area (Å²) >= 11 is 0. The van der Waals surface area contributed by atoms with Gasteiger partial charge in [0.05, 0.1) is 7.11 Å². The highest BCUT2D eigenvalue weighted by molar-refractivity contribution is 5.85. The Morgan fingerprint density at radius 3 is 2.43 bits per heavy atom. The van der Waals surface area contributed by atoms with E-state index in [1.165, 1.54) is 7.11 Å². The Morgan fingerprint density at radius 2 is 1.89 bits per heavy atom. The van der Waals surface area contributed by atoms with Crippen LogP contribution in [0.5, 0.6) is 5.88 Å². The summed E-state index contributed by atoms with van der Waals surface area (Å²) in [5, 5.41) is 21.8. The largest absolute Gasteiger partial charge is 0.480 e. The number of carbonyl (C=O) groups is 1. The molecule has 1 aliphatic rings. The molecule has 2 aromatic rings. The minimum absolute atomic E-state index is 0.0220. The average molecular weight is 399 g/mol. The first-order valence-corrected chi connectivity index (χ1v) is 8.65. The van der Waals surface area contributed by atoms with E-state index < -0.39 is 17.7 Å². The Balaban J connectivity index is 1.71. The second-order valence-electron chi connectivity index (χ2n) is 6.74. The maximum Gasteiger partial charge on any atom is 0.426 e. The zero-order chi connectivity index (χ0) is 20.5. The minimum atomic E-state index is -5.02. The van der Waals surface area contributed by atoms with Gasteiger partial charge >= 0.3 is 6.18 Å². The molecule has 8 nitrogen and oxygen atoms in total. The molecule has 0 bridgehead atoms. The van der Waals surface area contributed by atoms with E-state index in [-0.39, 0.29) is 19.0 Å². The van der Waals surface area contributed by atoms with Gasteiger partial charge in [-0.05, 0) is 31.9 Å². The zero-order valence-electron chi connectivity index (χ0n) is 15.3. The highest BCUT2D eigenvalue weighted by Crippen LogP contribution is 2.34. The monoisotopic (exact) mass is 399 g/mol. The average Bonchev–Trinajstić information content (AvgIpc) is 3.16. The number of alkyl halides is 3. The van der Waals surface area contributed by atoms with Gasteiger partial charge in [-0.1, -0.05) is 0 Å². The van der Waals surface area contributed by atoms with E-state index in [1.54, 1.807) is 29.1 Å². The van der Waals surface area contributed by atoms with Gasteiger partial charge in [0, 0.05) is 37.0 Å². The molecule has 1 aliphatic heterocycles. The van der Waals surface area contributed by atoms with Crippen LogP contribution in [0.15, 0.2) is 24.4 Å². The van der Waals surface area contributed by atoms with Crippen LogP contribution in [0.25, 0.3) is 5.82 Å². The van der Waals surface area contributed by atoms with Crippen molar-refractivity contribution in [2.75, 3.05) is 20.2 Å². The molecule has 1 fully saturated rings. The lowest BCUT2D eigenvalue weighted by Gasteiger charge is -2.36. The second kappa shape index (κ2) is 7.38. The fourth-order valence-corrected chi connectivity index (χ4v) is 3.16. The SMILES string of the molecule is COc1ccc(-n2nccc2C2CCN(C(=O)[C@@](C)(O)C(F)(F)F)CC2)nn1. The summed E-state index contributed by atoms with van der Waals surface area (Å²) in [6.45, 7) is 0.698. The van der Waals surface area contributed by atoms with E-state index in [1.807, 2.05) is 0 Å². The summed E-state index contributed by atoms with van der Waals surface area (Å²) in [5.41, 5.74) is -2.56. The predicted octanol–water partition coefficient (Wildman–Crippen LogP) is 1.69. The number of nitrogens with zero attached hydrogens (tertiary/aromatic N) is 5. The van der Waals surface area contributed by atoms with Gasteiger partial charge in [-0.25, -0.2) is 4.68 Å². The molecule has 0 radical (unpaired) electrons. The lowest BCUT2D eigenvalue weighted by Crippen LogP contribution is -2.57. The van der Waals surface area contributed by atoms with E-state index in [2.05, 4.69) is 15.3 Å². The summed E-state index contributed by atoms with van der Waals surface area (Å²) in [6, 6.07) is 5.15. The number of methoxy groups -OCH3 is 1. The summed E-state index contributed by atoms with van der Waals surface area (Å²) in [4.78, 5) is 13.2. The van der Waals surface area contributed by atoms with Crippen LogP contribution in [0.4, 0.5) is 13.2 Å². The summed E-state index contributed by atoms with van der Waals surface area (Å²) < 4.78 is 45.3. The Morgan fingerprint density at radius 1 is 1.21 bits per heavy atom. The van der Waals surface area contributed by atoms with Gasteiger partial charge in [0.15, 0.2) is 5.82 Å². The second-order valence-corrected chi connectivity index (χ2v) is 6.74. The smallest absolute Gasteiger partial charge is 0.426 e. The van der Waals surface area contributed by atoms with Crippen molar-refractivity contribution < 1.29 is 27.8 Å². The molecular formula is C17H20F3N5O3. The van der Waals surface area contributed by atoms with Crippen LogP contribution < -0.4 is 4.74 Å². The number of piperidine rings is 1. The van der Waals surface area contributed by atoms with Crippen LogP contribution in [0.3, 0.4) is 0 Å². The molecule has 11 heteroatoms. The van der Waals surface area contributed by atoms with Crippen LogP contribution in [0.2, 0.25) is 0 Å². The first kappa shape index (κ1) is 20.1. The van der Waals surface area contributed by atoms with Crippen molar-refractivity contribution in [3.05, 3.63) is 30.1 Å². The number of likely N-dealkylation sites (tertiary alicyclic amines) is 1. The first-order chi connectivity index (χ1) is 13.1. The maximum absolute atomic E-state index is 12.9. The number of rotatable bonds is 4. The van der Waals surface area contributed by atoms with Gasteiger partial charge in [-0.3, -0.25) is 4.79 Å². The van der Waals surface area contributed by atoms with Gasteiger partial charge in [0.25, 0.3) is 5.91 Å². The molecule has 1 amide bonds. The highest BCUT2D eigenvalue weighted by atomic mass is 19.4. The van der Waals surface area contributed by atoms with E-state index in [0.717, 1.165) is 10.6 Å². The number of hydrogen-bond donors (Lipinski definition) is 1. The van der Waals surface area contributed by atoms with Gasteiger partial charge in [-0.15, -0.1) is 10.2 Å². The van der Waals surface area contributed by atoms with Crippen LogP contribution in [0.1, 0.15) is 31.4 Å². The minimum Gasteiger partial charge on any atom is -0.480 e. The summed E-state index contributed by atoms with van der Waals surface area (Å²) in [5.74, 6) is -0.500. The van der Waals surface area contributed by atoms with Crippen molar-refractivity contribution in [1.29, 1.82) is 0 Å². The van der Waals surface area contributed by atoms with Gasteiger partial charge in [0.1, 0.15) is 0 Å². The van der Waals surface area contributed by atoms with Gasteiger partial charge in [-0.2, -0.15) is 18.3 Å². The molecule has 2 aromatic heterocycles. The molecule has 0 aromatic carbocycles. The molecule has 28 heavy (non-hydrogen) atoms. The molecule has 3 rings (SSSR count). The lowest BCUT2D eigenvalue weighted by atomic mass is 9.92. The standard InChI is InChI=1S/C17H20F3N5O3/c1-16(27,17(18,19)20)15(26)24-9-6-11(7-10-24)12-5-8-21-25(12)13-3-4-14(28-2)23-22-13/h3-5,8,11,27H,6-7,9-10H2,1-2H3/t16-/m1/s1. The van der Waals surface area contributed by atoms with Gasteiger partial charge < -0.3 is 14.7 Å². The van der Waals surface area contributed by atoms with Crippen LogP contribution in [0, 0.1) is 0 Å². The molecule has 3 heterocycles. The predicted molar refractivity (Wildman–Crippen MR) is 90.9 cm³/mol. The van der Waals surface area contributed by atoms with E-state index >= 15 is 0 Å². The number of halogens is 3. The third-order valence-corrected chi connectivity index (χ3v) is 4.89. The summed E-state index contributed by atoms with van der Waals surface area (Å²) in [6.07, 6.45) is -2.54. The number of aromatic nitrogens is 4. The number of amides is 1. The molecular weight excluding hydrogens is 379 g/mol. The molecule has 1 N–H and O–H groups in total. The zero-order valence-corrected chi connectivity index (χ0v) is 15.3. The lowest BCUT2D eigenvalue weighted by molar-refractivity contribution is -0.250. The van der Waals surface area contributed by atoms with E-state index in [4.69, 9.17) is 4.74 Å². The summed E-state index contributed by atoms with van der Waals surface area (Å²) in [7, 11) is 1.48.